The van der Waals surface area contributed by atoms with Gasteiger partial charge in [-0.05, 0) is 46.5 Å². The van der Waals surface area contributed by atoms with Gasteiger partial charge in [-0.2, -0.15) is 4.98 Å². The van der Waals surface area contributed by atoms with Gasteiger partial charge in [0.25, 0.3) is 0 Å². The van der Waals surface area contributed by atoms with Gasteiger partial charge in [0.15, 0.2) is 0 Å². The summed E-state index contributed by atoms with van der Waals surface area (Å²) in [7, 11) is 0. The second-order valence-corrected chi connectivity index (χ2v) is 8.60. The van der Waals surface area contributed by atoms with E-state index in [1.807, 2.05) is 20.8 Å². The molecular formula is C19H30N6O5. The van der Waals surface area contributed by atoms with Crippen molar-refractivity contribution in [3.63, 3.8) is 0 Å². The van der Waals surface area contributed by atoms with E-state index in [2.05, 4.69) is 20.6 Å². The van der Waals surface area contributed by atoms with Crippen LogP contribution in [0.4, 0.5) is 22.2 Å². The number of carbonyl (C=O) groups is 1. The van der Waals surface area contributed by atoms with Crippen LogP contribution in [-0.4, -0.2) is 69.9 Å². The Morgan fingerprint density at radius 3 is 2.43 bits per heavy atom. The molecule has 2 N–H and O–H groups in total. The van der Waals surface area contributed by atoms with Crippen LogP contribution in [0, 0.1) is 10.1 Å². The van der Waals surface area contributed by atoms with Crippen LogP contribution in [0.5, 0.6) is 0 Å². The summed E-state index contributed by atoms with van der Waals surface area (Å²) in [5, 5.41) is 17.8. The minimum Gasteiger partial charge on any atom is -0.444 e. The molecule has 0 spiro atoms. The monoisotopic (exact) mass is 422 g/mol. The van der Waals surface area contributed by atoms with Gasteiger partial charge in [-0.3, -0.25) is 10.1 Å². The van der Waals surface area contributed by atoms with Crippen LogP contribution in [0.1, 0.15) is 46.5 Å². The van der Waals surface area contributed by atoms with Gasteiger partial charge < -0.3 is 25.0 Å². The van der Waals surface area contributed by atoms with Gasteiger partial charge in [0, 0.05) is 38.4 Å². The van der Waals surface area contributed by atoms with Crippen LogP contribution < -0.4 is 10.6 Å². The van der Waals surface area contributed by atoms with Crippen LogP contribution in [0.15, 0.2) is 6.20 Å². The number of piperidine rings is 1. The Morgan fingerprint density at radius 1 is 1.20 bits per heavy atom. The van der Waals surface area contributed by atoms with E-state index in [-0.39, 0.29) is 29.7 Å². The number of nitrogens with zero attached hydrogens (tertiary/aromatic N) is 4. The topological polar surface area (TPSA) is 132 Å². The third kappa shape index (κ3) is 6.15. The molecule has 0 aliphatic carbocycles. The Morgan fingerprint density at radius 2 is 1.83 bits per heavy atom. The molecule has 2 fully saturated rings. The summed E-state index contributed by atoms with van der Waals surface area (Å²) in [6.07, 6.45) is 3.86. The van der Waals surface area contributed by atoms with Gasteiger partial charge in [-0.1, -0.05) is 0 Å². The summed E-state index contributed by atoms with van der Waals surface area (Å²) in [5.74, 6) is 0.557. The number of hydrogen-bond donors (Lipinski definition) is 2. The zero-order valence-electron chi connectivity index (χ0n) is 17.7. The molecule has 1 aromatic rings. The Bertz CT molecular complexity index is 754. The van der Waals surface area contributed by atoms with Crippen LogP contribution in [-0.2, 0) is 9.47 Å². The van der Waals surface area contributed by atoms with Crippen LogP contribution in [0.25, 0.3) is 0 Å². The molecule has 0 atom stereocenters. The fourth-order valence-corrected chi connectivity index (χ4v) is 3.44. The molecule has 0 radical (unpaired) electrons. The normalized spacial score (nSPS) is 18.7. The largest absolute Gasteiger partial charge is 0.444 e. The van der Waals surface area contributed by atoms with Crippen molar-refractivity contribution >= 4 is 23.5 Å². The number of aromatic nitrogens is 2. The lowest BCUT2D eigenvalue weighted by atomic mass is 10.1. The zero-order valence-corrected chi connectivity index (χ0v) is 17.7. The molecule has 0 aromatic carbocycles. The van der Waals surface area contributed by atoms with Crippen LogP contribution >= 0.6 is 0 Å². The standard InChI is InChI=1S/C19H30N6O5/c1-19(2,3)30-18(26)24-8-4-13(5-9-24)21-16-15(25(27)28)12-20-17(23-16)22-14-6-10-29-11-7-14/h12-14H,4-11H2,1-3H3,(H2,20,21,22,23). The molecule has 3 heterocycles. The lowest BCUT2D eigenvalue weighted by Gasteiger charge is -2.33. The highest BCUT2D eigenvalue weighted by Crippen LogP contribution is 2.26. The van der Waals surface area contributed by atoms with Crippen molar-refractivity contribution < 1.29 is 19.2 Å². The number of nitro groups is 1. The average molecular weight is 422 g/mol. The highest BCUT2D eigenvalue weighted by Gasteiger charge is 2.29. The average Bonchev–Trinajstić information content (AvgIpc) is 2.68. The van der Waals surface area contributed by atoms with Crippen LogP contribution in [0.2, 0.25) is 0 Å². The number of carbonyl (C=O) groups excluding carboxylic acids is 1. The molecule has 0 unspecified atom stereocenters. The third-order valence-electron chi connectivity index (χ3n) is 5.01. The molecule has 11 nitrogen and oxygen atoms in total. The Hall–Kier alpha value is -2.69. The highest BCUT2D eigenvalue weighted by molar-refractivity contribution is 5.68. The first-order valence-corrected chi connectivity index (χ1v) is 10.3. The lowest BCUT2D eigenvalue weighted by Crippen LogP contribution is -2.44. The number of anilines is 2. The molecule has 2 aliphatic rings. The molecule has 1 amide bonds. The van der Waals surface area contributed by atoms with Gasteiger partial charge in [-0.15, -0.1) is 0 Å². The predicted octanol–water partition coefficient (Wildman–Crippen LogP) is 2.79. The Balaban J connectivity index is 1.61. The maximum atomic E-state index is 12.2. The first kappa shape index (κ1) is 22.0. The molecule has 30 heavy (non-hydrogen) atoms. The molecule has 1 aromatic heterocycles. The van der Waals surface area contributed by atoms with E-state index < -0.39 is 10.5 Å². The lowest BCUT2D eigenvalue weighted by molar-refractivity contribution is -0.384. The van der Waals surface area contributed by atoms with E-state index in [9.17, 15) is 14.9 Å². The van der Waals surface area contributed by atoms with Crippen molar-refractivity contribution in [1.29, 1.82) is 0 Å². The van der Waals surface area contributed by atoms with Gasteiger partial charge in [0.05, 0.1) is 4.92 Å². The van der Waals surface area contributed by atoms with Crippen molar-refractivity contribution in [2.24, 2.45) is 0 Å². The molecular weight excluding hydrogens is 392 g/mol. The number of nitrogens with one attached hydrogen (secondary N) is 2. The first-order valence-electron chi connectivity index (χ1n) is 10.3. The van der Waals surface area contributed by atoms with E-state index in [4.69, 9.17) is 9.47 Å². The van der Waals surface area contributed by atoms with Crippen molar-refractivity contribution in [2.45, 2.75) is 64.1 Å². The molecule has 0 saturated carbocycles. The van der Waals surface area contributed by atoms with Crippen molar-refractivity contribution in [1.82, 2.24) is 14.9 Å². The van der Waals surface area contributed by atoms with E-state index in [1.165, 1.54) is 6.20 Å². The van der Waals surface area contributed by atoms with E-state index >= 15 is 0 Å². The summed E-state index contributed by atoms with van der Waals surface area (Å²) in [6, 6.07) is 0.151. The fourth-order valence-electron chi connectivity index (χ4n) is 3.44. The maximum absolute atomic E-state index is 12.2. The predicted molar refractivity (Wildman–Crippen MR) is 111 cm³/mol. The van der Waals surface area contributed by atoms with Gasteiger partial charge >= 0.3 is 11.8 Å². The van der Waals surface area contributed by atoms with E-state index in [1.54, 1.807) is 4.90 Å². The fraction of sp³-hybridized carbons (Fsp3) is 0.737. The minimum atomic E-state index is -0.540. The summed E-state index contributed by atoms with van der Waals surface area (Å²) >= 11 is 0. The molecule has 3 rings (SSSR count). The Labute approximate surface area is 175 Å². The molecule has 0 bridgehead atoms. The number of rotatable bonds is 5. The van der Waals surface area contributed by atoms with Gasteiger partial charge in [-0.25, -0.2) is 9.78 Å². The second kappa shape index (κ2) is 9.41. The molecule has 166 valence electrons. The zero-order chi connectivity index (χ0) is 21.7. The van der Waals surface area contributed by atoms with E-state index in [0.29, 0.717) is 45.1 Å². The van der Waals surface area contributed by atoms with Gasteiger partial charge in [0.2, 0.25) is 11.8 Å². The second-order valence-electron chi connectivity index (χ2n) is 8.60. The quantitative estimate of drug-likeness (QED) is 0.543. The summed E-state index contributed by atoms with van der Waals surface area (Å²) in [4.78, 5) is 33.3. The summed E-state index contributed by atoms with van der Waals surface area (Å²) < 4.78 is 10.8. The first-order chi connectivity index (χ1) is 14.2. The summed E-state index contributed by atoms with van der Waals surface area (Å²) in [5.41, 5.74) is -0.705. The smallest absolute Gasteiger partial charge is 0.410 e. The Kier molecular flexibility index (Phi) is 6.91. The SMILES string of the molecule is CC(C)(C)OC(=O)N1CCC(Nc2nc(NC3CCOCC3)ncc2[N+](=O)[O-])CC1. The molecule has 11 heteroatoms. The number of ether oxygens (including phenoxy) is 2. The summed E-state index contributed by atoms with van der Waals surface area (Å²) in [6.45, 7) is 7.87. The third-order valence-corrected chi connectivity index (χ3v) is 5.01. The van der Waals surface area contributed by atoms with Crippen molar-refractivity contribution in [3.05, 3.63) is 16.3 Å². The van der Waals surface area contributed by atoms with Crippen molar-refractivity contribution in [3.8, 4) is 0 Å². The number of hydrogen-bond acceptors (Lipinski definition) is 9. The van der Waals surface area contributed by atoms with Gasteiger partial charge in [0.1, 0.15) is 11.8 Å². The van der Waals surface area contributed by atoms with Crippen LogP contribution in [0.3, 0.4) is 0 Å². The van der Waals surface area contributed by atoms with Crippen molar-refractivity contribution in [2.75, 3.05) is 36.9 Å². The molecule has 2 saturated heterocycles. The number of likely N-dealkylation sites (tertiary alicyclic amines) is 1. The molecule has 2 aliphatic heterocycles. The number of amides is 1. The minimum absolute atomic E-state index is 0.0341. The highest BCUT2D eigenvalue weighted by atomic mass is 16.6. The maximum Gasteiger partial charge on any atom is 0.410 e. The van der Waals surface area contributed by atoms with E-state index in [0.717, 1.165) is 12.8 Å².